The molecule has 0 saturated carbocycles. The molecule has 2 N–H and O–H groups in total. The summed E-state index contributed by atoms with van der Waals surface area (Å²) in [4.78, 5) is 32.7. The highest BCUT2D eigenvalue weighted by molar-refractivity contribution is 5.86. The average molecular weight is 400 g/mol. The lowest BCUT2D eigenvalue weighted by atomic mass is 10.1. The molecule has 0 bridgehead atoms. The van der Waals surface area contributed by atoms with Crippen molar-refractivity contribution in [2.75, 3.05) is 46.3 Å². The highest BCUT2D eigenvalue weighted by Gasteiger charge is 2.29. The minimum Gasteiger partial charge on any atom is -0.356 e. The van der Waals surface area contributed by atoms with Crippen LogP contribution in [0, 0.1) is 5.92 Å². The Morgan fingerprint density at radius 1 is 1.14 bits per heavy atom. The van der Waals surface area contributed by atoms with E-state index in [1.807, 2.05) is 28.0 Å². The van der Waals surface area contributed by atoms with Crippen LogP contribution in [0.25, 0.3) is 0 Å². The Balaban J connectivity index is 1.37. The monoisotopic (exact) mass is 399 g/mol. The maximum atomic E-state index is 12.3. The van der Waals surface area contributed by atoms with Gasteiger partial charge in [-0.1, -0.05) is 30.3 Å². The maximum absolute atomic E-state index is 12.3. The number of carbonyl (C=O) groups is 2. The smallest absolute Gasteiger partial charge is 0.241 e. The molecular weight excluding hydrogens is 366 g/mol. The molecule has 158 valence electrons. The summed E-state index contributed by atoms with van der Waals surface area (Å²) in [6.45, 7) is 4.17. The Kier molecular flexibility index (Phi) is 7.90. The predicted molar refractivity (Wildman–Crippen MR) is 115 cm³/mol. The number of aliphatic imine (C=N–C) groups is 1. The summed E-state index contributed by atoms with van der Waals surface area (Å²) < 4.78 is 0. The van der Waals surface area contributed by atoms with E-state index in [2.05, 4.69) is 27.8 Å². The zero-order valence-electron chi connectivity index (χ0n) is 17.4. The first-order valence-electron chi connectivity index (χ1n) is 10.7. The van der Waals surface area contributed by atoms with Gasteiger partial charge in [0.05, 0.1) is 6.54 Å². The topological polar surface area (TPSA) is 77.0 Å². The van der Waals surface area contributed by atoms with Crippen LogP contribution >= 0.6 is 0 Å². The Hall–Kier alpha value is -2.57. The first-order valence-corrected chi connectivity index (χ1v) is 10.7. The minimum atomic E-state index is 0.121. The molecule has 2 aliphatic heterocycles. The van der Waals surface area contributed by atoms with Gasteiger partial charge in [-0.3, -0.25) is 14.6 Å². The summed E-state index contributed by atoms with van der Waals surface area (Å²) in [6, 6.07) is 10.3. The number of rotatable bonds is 7. The fourth-order valence-corrected chi connectivity index (χ4v) is 3.99. The van der Waals surface area contributed by atoms with Gasteiger partial charge >= 0.3 is 0 Å². The van der Waals surface area contributed by atoms with E-state index >= 15 is 0 Å². The molecular formula is C22H33N5O2. The fourth-order valence-electron chi connectivity index (χ4n) is 3.99. The highest BCUT2D eigenvalue weighted by Crippen LogP contribution is 2.17. The number of nitrogens with one attached hydrogen (secondary N) is 2. The van der Waals surface area contributed by atoms with Crippen molar-refractivity contribution in [3.63, 3.8) is 0 Å². The summed E-state index contributed by atoms with van der Waals surface area (Å²) >= 11 is 0. The normalized spacial score (nSPS) is 20.1. The molecule has 2 fully saturated rings. The van der Waals surface area contributed by atoms with Crippen LogP contribution in [-0.4, -0.2) is 73.9 Å². The van der Waals surface area contributed by atoms with Gasteiger partial charge in [-0.2, -0.15) is 0 Å². The lowest BCUT2D eigenvalue weighted by molar-refractivity contribution is -0.131. The largest absolute Gasteiger partial charge is 0.356 e. The van der Waals surface area contributed by atoms with Crippen molar-refractivity contribution in [1.82, 2.24) is 20.4 Å². The van der Waals surface area contributed by atoms with Crippen LogP contribution in [0.15, 0.2) is 35.3 Å². The number of guanidine groups is 1. The second kappa shape index (κ2) is 10.8. The second-order valence-corrected chi connectivity index (χ2v) is 7.89. The van der Waals surface area contributed by atoms with Gasteiger partial charge in [0.1, 0.15) is 0 Å². The van der Waals surface area contributed by atoms with Gasteiger partial charge in [0.15, 0.2) is 5.96 Å². The number of likely N-dealkylation sites (tertiary alicyclic amines) is 2. The summed E-state index contributed by atoms with van der Waals surface area (Å²) in [5.41, 5.74) is 1.25. The first-order chi connectivity index (χ1) is 14.2. The molecule has 1 aromatic rings. The van der Waals surface area contributed by atoms with E-state index in [0.717, 1.165) is 45.4 Å². The molecule has 1 atom stereocenters. The average Bonchev–Trinajstić information content (AvgIpc) is 3.13. The fraction of sp³-hybridized carbons (Fsp3) is 0.591. The maximum Gasteiger partial charge on any atom is 0.241 e. The first kappa shape index (κ1) is 21.1. The Morgan fingerprint density at radius 2 is 1.90 bits per heavy atom. The van der Waals surface area contributed by atoms with Gasteiger partial charge < -0.3 is 20.4 Å². The number of piperidine rings is 1. The highest BCUT2D eigenvalue weighted by atomic mass is 16.2. The van der Waals surface area contributed by atoms with Gasteiger partial charge in [0.25, 0.3) is 0 Å². The lowest BCUT2D eigenvalue weighted by Crippen LogP contribution is -2.46. The van der Waals surface area contributed by atoms with Crippen molar-refractivity contribution < 1.29 is 9.59 Å². The van der Waals surface area contributed by atoms with Crippen molar-refractivity contribution in [2.45, 2.75) is 32.1 Å². The van der Waals surface area contributed by atoms with Crippen molar-refractivity contribution in [3.05, 3.63) is 35.9 Å². The second-order valence-electron chi connectivity index (χ2n) is 7.89. The van der Waals surface area contributed by atoms with E-state index in [1.54, 1.807) is 7.05 Å². The molecule has 2 amide bonds. The summed E-state index contributed by atoms with van der Waals surface area (Å²) in [7, 11) is 1.70. The number of hydrogen-bond acceptors (Lipinski definition) is 3. The van der Waals surface area contributed by atoms with Crippen molar-refractivity contribution in [3.8, 4) is 0 Å². The van der Waals surface area contributed by atoms with Crippen LogP contribution in [0.1, 0.15) is 31.2 Å². The zero-order chi connectivity index (χ0) is 20.5. The quantitative estimate of drug-likeness (QED) is 0.535. The lowest BCUT2D eigenvalue weighted by Gasteiger charge is -2.27. The van der Waals surface area contributed by atoms with E-state index in [-0.39, 0.29) is 24.3 Å². The molecule has 29 heavy (non-hydrogen) atoms. The molecule has 2 aliphatic rings. The molecule has 1 aromatic carbocycles. The molecule has 2 heterocycles. The van der Waals surface area contributed by atoms with Crippen molar-refractivity contribution in [2.24, 2.45) is 10.9 Å². The molecule has 0 aromatic heterocycles. The van der Waals surface area contributed by atoms with Crippen LogP contribution < -0.4 is 10.6 Å². The molecule has 0 spiro atoms. The molecule has 0 aliphatic carbocycles. The molecule has 1 unspecified atom stereocenters. The summed E-state index contributed by atoms with van der Waals surface area (Å²) in [6.07, 6.45) is 4.84. The van der Waals surface area contributed by atoms with Crippen molar-refractivity contribution in [1.29, 1.82) is 0 Å². The number of nitrogens with zero attached hydrogens (tertiary/aromatic N) is 3. The third kappa shape index (κ3) is 6.48. The third-order valence-corrected chi connectivity index (χ3v) is 5.71. The van der Waals surface area contributed by atoms with Crippen LogP contribution in [0.2, 0.25) is 0 Å². The zero-order valence-corrected chi connectivity index (χ0v) is 17.4. The predicted octanol–water partition coefficient (Wildman–Crippen LogP) is 1.26. The van der Waals surface area contributed by atoms with Gasteiger partial charge in [0.2, 0.25) is 11.8 Å². The van der Waals surface area contributed by atoms with Crippen LogP contribution in [0.5, 0.6) is 0 Å². The van der Waals surface area contributed by atoms with Gasteiger partial charge in [-0.05, 0) is 31.2 Å². The van der Waals surface area contributed by atoms with E-state index < -0.39 is 0 Å². The number of amides is 2. The summed E-state index contributed by atoms with van der Waals surface area (Å²) in [5.74, 6) is 1.21. The van der Waals surface area contributed by atoms with Crippen LogP contribution in [0.3, 0.4) is 0 Å². The minimum absolute atomic E-state index is 0.121. The van der Waals surface area contributed by atoms with E-state index in [1.165, 1.54) is 12.0 Å². The van der Waals surface area contributed by atoms with Gasteiger partial charge in [-0.15, -0.1) is 0 Å². The molecule has 2 saturated heterocycles. The standard InChI is InChI=1S/C22H33N5O2/c1-23-22(25-16-21(29)26-11-6-3-7-12-26)24-15-19-14-20(28)27(17-19)13-10-18-8-4-2-5-9-18/h2,4-5,8-9,19H,3,6-7,10-17H2,1H3,(H2,23,24,25). The van der Waals surface area contributed by atoms with E-state index in [9.17, 15) is 9.59 Å². The molecule has 7 nitrogen and oxygen atoms in total. The number of carbonyl (C=O) groups excluding carboxylic acids is 2. The molecule has 0 radical (unpaired) electrons. The number of benzene rings is 1. The molecule has 7 heteroatoms. The Morgan fingerprint density at radius 3 is 2.62 bits per heavy atom. The van der Waals surface area contributed by atoms with E-state index in [0.29, 0.717) is 18.9 Å². The van der Waals surface area contributed by atoms with Gasteiger partial charge in [-0.25, -0.2) is 0 Å². The van der Waals surface area contributed by atoms with E-state index in [4.69, 9.17) is 0 Å². The summed E-state index contributed by atoms with van der Waals surface area (Å²) in [5, 5.41) is 6.38. The third-order valence-electron chi connectivity index (χ3n) is 5.71. The number of hydrogen-bond donors (Lipinski definition) is 2. The van der Waals surface area contributed by atoms with Crippen molar-refractivity contribution >= 4 is 17.8 Å². The van der Waals surface area contributed by atoms with Crippen LogP contribution in [0.4, 0.5) is 0 Å². The molecule has 3 rings (SSSR count). The SMILES string of the molecule is CN=C(NCC(=O)N1CCCCC1)NCC1CC(=O)N(CCc2ccccc2)C1. The Bertz CT molecular complexity index is 700. The Labute approximate surface area is 173 Å². The van der Waals surface area contributed by atoms with Crippen LogP contribution in [-0.2, 0) is 16.0 Å². The van der Waals surface area contributed by atoms with Gasteiger partial charge in [0, 0.05) is 52.1 Å².